The standard InChI is InChI=1S/C10H18N/c1-2-11-7-9-4-3-5-10(6-9)8-11/h7,9-10H,2-6,8H2,1H3/q+1/t9-,10-/m0/s1. The summed E-state index contributed by atoms with van der Waals surface area (Å²) in [4.78, 5) is 0. The van der Waals surface area contributed by atoms with Crippen molar-refractivity contribution in [1.29, 1.82) is 0 Å². The van der Waals surface area contributed by atoms with Crippen molar-refractivity contribution < 1.29 is 4.58 Å². The topological polar surface area (TPSA) is 3.01 Å². The molecule has 1 fully saturated rings. The Morgan fingerprint density at radius 1 is 1.45 bits per heavy atom. The highest BCUT2D eigenvalue weighted by Crippen LogP contribution is 2.30. The maximum atomic E-state index is 2.51. The Morgan fingerprint density at radius 2 is 2.36 bits per heavy atom. The molecule has 0 aromatic rings. The maximum absolute atomic E-state index is 2.51. The number of hydrogen-bond acceptors (Lipinski definition) is 0. The second kappa shape index (κ2) is 2.96. The van der Waals surface area contributed by atoms with Gasteiger partial charge in [0.05, 0.1) is 0 Å². The molecule has 2 aliphatic rings. The van der Waals surface area contributed by atoms with Gasteiger partial charge in [0.1, 0.15) is 19.3 Å². The highest BCUT2D eigenvalue weighted by atomic mass is 15.0. The van der Waals surface area contributed by atoms with Gasteiger partial charge in [-0.3, -0.25) is 0 Å². The van der Waals surface area contributed by atoms with Crippen LogP contribution in [0.4, 0.5) is 0 Å². The van der Waals surface area contributed by atoms with Crippen LogP contribution in [0.1, 0.15) is 32.6 Å². The van der Waals surface area contributed by atoms with Gasteiger partial charge in [0.15, 0.2) is 0 Å². The van der Waals surface area contributed by atoms with Gasteiger partial charge in [0, 0.05) is 11.8 Å². The summed E-state index contributed by atoms with van der Waals surface area (Å²) in [5.74, 6) is 1.96. The molecule has 1 nitrogen and oxygen atoms in total. The van der Waals surface area contributed by atoms with E-state index in [0.717, 1.165) is 11.8 Å². The van der Waals surface area contributed by atoms with Gasteiger partial charge in [-0.1, -0.05) is 6.42 Å². The zero-order valence-electron chi connectivity index (χ0n) is 7.42. The first-order chi connectivity index (χ1) is 5.38. The summed E-state index contributed by atoms with van der Waals surface area (Å²) < 4.78 is 2.51. The van der Waals surface area contributed by atoms with E-state index in [1.807, 2.05) is 0 Å². The highest BCUT2D eigenvalue weighted by molar-refractivity contribution is 5.55. The minimum Gasteiger partial charge on any atom is -0.239 e. The van der Waals surface area contributed by atoms with E-state index in [9.17, 15) is 0 Å². The predicted molar refractivity (Wildman–Crippen MR) is 47.2 cm³/mol. The molecular weight excluding hydrogens is 134 g/mol. The van der Waals surface area contributed by atoms with Crippen molar-refractivity contribution >= 4 is 6.21 Å². The Hall–Kier alpha value is -0.330. The number of hydrogen-bond donors (Lipinski definition) is 0. The van der Waals surface area contributed by atoms with Crippen LogP contribution >= 0.6 is 0 Å². The molecule has 2 bridgehead atoms. The van der Waals surface area contributed by atoms with Gasteiger partial charge in [-0.2, -0.15) is 0 Å². The lowest BCUT2D eigenvalue weighted by molar-refractivity contribution is -0.535. The summed E-state index contributed by atoms with van der Waals surface area (Å²) in [6, 6.07) is 0. The fraction of sp³-hybridized carbons (Fsp3) is 0.900. The third-order valence-electron chi connectivity index (χ3n) is 3.14. The summed E-state index contributed by atoms with van der Waals surface area (Å²) >= 11 is 0. The van der Waals surface area contributed by atoms with Crippen LogP contribution in [-0.2, 0) is 0 Å². The van der Waals surface area contributed by atoms with Crippen LogP contribution in [0, 0.1) is 11.8 Å². The van der Waals surface area contributed by atoms with Gasteiger partial charge in [-0.25, -0.2) is 4.58 Å². The molecule has 2 rings (SSSR count). The van der Waals surface area contributed by atoms with Gasteiger partial charge in [-0.15, -0.1) is 0 Å². The van der Waals surface area contributed by atoms with E-state index in [-0.39, 0.29) is 0 Å². The fourth-order valence-electron chi connectivity index (χ4n) is 2.56. The molecule has 0 aromatic carbocycles. The van der Waals surface area contributed by atoms with Crippen LogP contribution in [0.15, 0.2) is 0 Å². The summed E-state index contributed by atoms with van der Waals surface area (Å²) in [7, 11) is 0. The monoisotopic (exact) mass is 152 g/mol. The molecule has 0 aromatic heterocycles. The van der Waals surface area contributed by atoms with Crippen molar-refractivity contribution in [1.82, 2.24) is 0 Å². The molecule has 1 heteroatoms. The van der Waals surface area contributed by atoms with Crippen molar-refractivity contribution in [2.24, 2.45) is 11.8 Å². The van der Waals surface area contributed by atoms with Crippen LogP contribution < -0.4 is 0 Å². The molecule has 2 atom stereocenters. The Morgan fingerprint density at radius 3 is 3.09 bits per heavy atom. The zero-order valence-corrected chi connectivity index (χ0v) is 7.42. The number of fused-ring (bicyclic) bond motifs is 2. The van der Waals surface area contributed by atoms with E-state index >= 15 is 0 Å². The van der Waals surface area contributed by atoms with Gasteiger partial charge in [-0.05, 0) is 26.2 Å². The van der Waals surface area contributed by atoms with Crippen molar-refractivity contribution in [3.8, 4) is 0 Å². The molecule has 1 aliphatic carbocycles. The first-order valence-corrected chi connectivity index (χ1v) is 4.97. The third-order valence-corrected chi connectivity index (χ3v) is 3.14. The molecular formula is C10H18N+. The largest absolute Gasteiger partial charge is 0.239 e. The molecule has 0 saturated heterocycles. The Bertz CT molecular complexity index is 172. The molecule has 0 spiro atoms. The molecule has 0 unspecified atom stereocenters. The molecule has 11 heavy (non-hydrogen) atoms. The average Bonchev–Trinajstić information content (AvgIpc) is 2.03. The Kier molecular flexibility index (Phi) is 1.97. The van der Waals surface area contributed by atoms with E-state index in [1.54, 1.807) is 0 Å². The SMILES string of the molecule is CC[N+]1=C[C@H]2CCC[C@@H](C2)C1. The van der Waals surface area contributed by atoms with Crippen LogP contribution in [0.3, 0.4) is 0 Å². The van der Waals surface area contributed by atoms with E-state index in [1.165, 1.54) is 38.8 Å². The minimum atomic E-state index is 0.933. The molecule has 1 aliphatic heterocycles. The quantitative estimate of drug-likeness (QED) is 0.505. The third kappa shape index (κ3) is 1.47. The molecule has 62 valence electrons. The van der Waals surface area contributed by atoms with Crippen LogP contribution in [0.2, 0.25) is 0 Å². The first-order valence-electron chi connectivity index (χ1n) is 4.97. The smallest absolute Gasteiger partial charge is 0.145 e. The first kappa shape index (κ1) is 7.33. The minimum absolute atomic E-state index is 0.933. The lowest BCUT2D eigenvalue weighted by Crippen LogP contribution is -2.34. The molecule has 0 radical (unpaired) electrons. The summed E-state index contributed by atoms with van der Waals surface area (Å²) in [5, 5.41) is 0. The molecule has 0 amide bonds. The van der Waals surface area contributed by atoms with E-state index in [4.69, 9.17) is 0 Å². The van der Waals surface area contributed by atoms with Crippen LogP contribution in [0.5, 0.6) is 0 Å². The second-order valence-corrected chi connectivity index (χ2v) is 4.03. The summed E-state index contributed by atoms with van der Waals surface area (Å²) in [5.41, 5.74) is 0. The van der Waals surface area contributed by atoms with Crippen molar-refractivity contribution in [2.75, 3.05) is 13.1 Å². The fourth-order valence-corrected chi connectivity index (χ4v) is 2.56. The normalized spacial score (nSPS) is 36.6. The number of rotatable bonds is 1. The zero-order chi connectivity index (χ0) is 7.68. The van der Waals surface area contributed by atoms with Gasteiger partial charge in [0.25, 0.3) is 0 Å². The van der Waals surface area contributed by atoms with Crippen LogP contribution in [0.25, 0.3) is 0 Å². The predicted octanol–water partition coefficient (Wildman–Crippen LogP) is 1.91. The highest BCUT2D eigenvalue weighted by Gasteiger charge is 2.29. The lowest BCUT2D eigenvalue weighted by atomic mass is 9.80. The van der Waals surface area contributed by atoms with Crippen molar-refractivity contribution in [3.63, 3.8) is 0 Å². The van der Waals surface area contributed by atoms with Crippen molar-refractivity contribution in [3.05, 3.63) is 0 Å². The van der Waals surface area contributed by atoms with Gasteiger partial charge in [0.2, 0.25) is 0 Å². The second-order valence-electron chi connectivity index (χ2n) is 4.03. The van der Waals surface area contributed by atoms with Crippen molar-refractivity contribution in [2.45, 2.75) is 32.6 Å². The Balaban J connectivity index is 2.09. The lowest BCUT2D eigenvalue weighted by Gasteiger charge is -2.28. The van der Waals surface area contributed by atoms with Gasteiger partial charge >= 0.3 is 0 Å². The number of nitrogens with zero attached hydrogens (tertiary/aromatic N) is 1. The van der Waals surface area contributed by atoms with E-state index in [2.05, 4.69) is 17.7 Å². The summed E-state index contributed by atoms with van der Waals surface area (Å²) in [6.45, 7) is 4.82. The van der Waals surface area contributed by atoms with Crippen LogP contribution in [-0.4, -0.2) is 23.9 Å². The molecule has 1 heterocycles. The summed E-state index contributed by atoms with van der Waals surface area (Å²) in [6.07, 6.45) is 8.38. The van der Waals surface area contributed by atoms with E-state index < -0.39 is 0 Å². The average molecular weight is 152 g/mol. The maximum Gasteiger partial charge on any atom is 0.145 e. The molecule has 0 N–H and O–H groups in total. The van der Waals surface area contributed by atoms with E-state index in [0.29, 0.717) is 0 Å². The molecule has 1 saturated carbocycles. The Labute approximate surface area is 69.1 Å². The van der Waals surface area contributed by atoms with Gasteiger partial charge < -0.3 is 0 Å².